The van der Waals surface area contributed by atoms with E-state index in [0.717, 1.165) is 24.3 Å². The van der Waals surface area contributed by atoms with Gasteiger partial charge in [0.15, 0.2) is 29.1 Å². The minimum Gasteiger partial charge on any atom is -0.508 e. The summed E-state index contributed by atoms with van der Waals surface area (Å²) in [6.45, 7) is 1.37. The van der Waals surface area contributed by atoms with Gasteiger partial charge in [-0.2, -0.15) is 0 Å². The molecule has 1 fully saturated rings. The first-order valence-corrected chi connectivity index (χ1v) is 12.3. The quantitative estimate of drug-likeness (QED) is 0.123. The lowest BCUT2D eigenvalue weighted by Gasteiger charge is -2.40. The van der Waals surface area contributed by atoms with E-state index < -0.39 is 87.6 Å². The van der Waals surface area contributed by atoms with Crippen LogP contribution in [0, 0.1) is 0 Å². The smallest absolute Gasteiger partial charge is 0.339 e. The van der Waals surface area contributed by atoms with E-state index >= 15 is 0 Å². The summed E-state index contributed by atoms with van der Waals surface area (Å²) in [5, 5.41) is 80.0. The van der Waals surface area contributed by atoms with E-state index in [-0.39, 0.29) is 22.7 Å². The average molecular weight is 584 g/mol. The minimum atomic E-state index is -1.84. The molecule has 0 bridgehead atoms. The first-order valence-electron chi connectivity index (χ1n) is 12.3. The predicted molar refractivity (Wildman–Crippen MR) is 141 cm³/mol. The van der Waals surface area contributed by atoms with Crippen LogP contribution < -0.4 is 10.2 Å². The van der Waals surface area contributed by atoms with Crippen molar-refractivity contribution in [2.45, 2.75) is 37.6 Å². The van der Waals surface area contributed by atoms with Crippen LogP contribution in [0.15, 0.2) is 57.7 Å². The Kier molecular flexibility index (Phi) is 7.20. The summed E-state index contributed by atoms with van der Waals surface area (Å²) < 4.78 is 22.6. The fraction of sp³-hybridized carbons (Fsp3) is 0.214. The second kappa shape index (κ2) is 10.7. The molecule has 14 nitrogen and oxygen atoms in total. The predicted octanol–water partition coefficient (Wildman–Crippen LogP) is 1.76. The molecule has 1 saturated heterocycles. The van der Waals surface area contributed by atoms with Gasteiger partial charge in [-0.15, -0.1) is 0 Å². The lowest BCUT2D eigenvalue weighted by atomic mass is 9.99. The maximum Gasteiger partial charge on any atom is 0.339 e. The number of hydrogen-bond acceptors (Lipinski definition) is 14. The highest BCUT2D eigenvalue weighted by Gasteiger charge is 2.47. The van der Waals surface area contributed by atoms with Crippen LogP contribution in [-0.2, 0) is 9.47 Å². The Hall–Kier alpha value is -5.18. The van der Waals surface area contributed by atoms with Crippen LogP contribution in [0.2, 0.25) is 0 Å². The monoisotopic (exact) mass is 584 g/mol. The molecule has 0 unspecified atom stereocenters. The number of aromatic hydroxyl groups is 6. The standard InChI is InChI=1S/C28H24O14/c1-10-20(34)23(37)26(41-27(38)12-6-16(32)21(35)17(33)7-12)28(39-10)42-25-22(36)19-15(31)8-14(30)9-18(19)40-24(25)11-2-4-13(29)5-3-11/h2-10,20,23,26,28-35,37H,1H3/t10-,20+,23+,26+,28-/m1/s1. The van der Waals surface area contributed by atoms with E-state index in [9.17, 15) is 50.4 Å². The first kappa shape index (κ1) is 28.4. The molecule has 1 aromatic heterocycles. The second-order valence-corrected chi connectivity index (χ2v) is 9.52. The van der Waals surface area contributed by atoms with Crippen molar-refractivity contribution in [3.05, 3.63) is 64.3 Å². The average Bonchev–Trinajstić information content (AvgIpc) is 2.93. The summed E-state index contributed by atoms with van der Waals surface area (Å²) in [5.41, 5.74) is -1.44. The van der Waals surface area contributed by atoms with Crippen LogP contribution in [0.5, 0.6) is 40.2 Å². The number of phenols is 6. The third-order valence-electron chi connectivity index (χ3n) is 6.61. The summed E-state index contributed by atoms with van der Waals surface area (Å²) >= 11 is 0. The molecule has 0 aliphatic carbocycles. The zero-order valence-corrected chi connectivity index (χ0v) is 21.5. The normalized spacial score (nSPS) is 22.1. The first-order chi connectivity index (χ1) is 19.8. The van der Waals surface area contributed by atoms with Crippen molar-refractivity contribution in [1.82, 2.24) is 0 Å². The van der Waals surface area contributed by atoms with Gasteiger partial charge >= 0.3 is 5.97 Å². The van der Waals surface area contributed by atoms with Crippen molar-refractivity contribution < 1.29 is 64.3 Å². The Morgan fingerprint density at radius 2 is 1.48 bits per heavy atom. The van der Waals surface area contributed by atoms with Gasteiger partial charge in [-0.3, -0.25) is 4.79 Å². The minimum absolute atomic E-state index is 0.112. The lowest BCUT2D eigenvalue weighted by Crippen LogP contribution is -2.60. The van der Waals surface area contributed by atoms with E-state index in [0.29, 0.717) is 0 Å². The highest BCUT2D eigenvalue weighted by molar-refractivity contribution is 5.91. The van der Waals surface area contributed by atoms with Crippen molar-refractivity contribution in [2.75, 3.05) is 0 Å². The zero-order chi connectivity index (χ0) is 30.5. The third-order valence-corrected chi connectivity index (χ3v) is 6.61. The molecule has 5 rings (SSSR count). The van der Waals surface area contributed by atoms with Crippen molar-refractivity contribution in [1.29, 1.82) is 0 Å². The van der Waals surface area contributed by atoms with Gasteiger partial charge in [0.2, 0.25) is 17.5 Å². The van der Waals surface area contributed by atoms with Crippen molar-refractivity contribution in [3.63, 3.8) is 0 Å². The van der Waals surface area contributed by atoms with Crippen molar-refractivity contribution in [3.8, 4) is 51.6 Å². The molecule has 1 aliphatic rings. The van der Waals surface area contributed by atoms with Gasteiger partial charge in [0.25, 0.3) is 0 Å². The van der Waals surface area contributed by atoms with Crippen LogP contribution in [0.3, 0.4) is 0 Å². The second-order valence-electron chi connectivity index (χ2n) is 9.52. The molecular weight excluding hydrogens is 560 g/mol. The van der Waals surface area contributed by atoms with Gasteiger partial charge in [-0.05, 0) is 43.3 Å². The molecule has 3 aromatic carbocycles. The molecule has 0 saturated carbocycles. The fourth-order valence-electron chi connectivity index (χ4n) is 4.43. The molecule has 4 aromatic rings. The van der Waals surface area contributed by atoms with E-state index in [1.54, 1.807) is 0 Å². The van der Waals surface area contributed by atoms with Crippen LogP contribution in [0.1, 0.15) is 17.3 Å². The Bertz CT molecular complexity index is 1700. The van der Waals surface area contributed by atoms with Crippen LogP contribution in [0.4, 0.5) is 0 Å². The SMILES string of the molecule is C[C@H]1O[C@H](Oc2c(-c3ccc(O)cc3)oc3cc(O)cc(O)c3c2=O)[C@@H](OC(=O)c2cc(O)c(O)c(O)c2)[C@@H](O)[C@H]1O. The Labute approximate surface area is 235 Å². The summed E-state index contributed by atoms with van der Waals surface area (Å²) in [7, 11) is 0. The molecule has 0 spiro atoms. The highest BCUT2D eigenvalue weighted by Crippen LogP contribution is 2.39. The van der Waals surface area contributed by atoms with E-state index in [1.165, 1.54) is 31.2 Å². The van der Waals surface area contributed by atoms with Gasteiger partial charge in [0, 0.05) is 17.7 Å². The Morgan fingerprint density at radius 1 is 0.833 bits per heavy atom. The molecule has 220 valence electrons. The molecule has 5 atom stereocenters. The summed E-state index contributed by atoms with van der Waals surface area (Å²) in [6.07, 6.45) is -8.15. The number of carbonyl (C=O) groups is 1. The number of ether oxygens (including phenoxy) is 3. The topological polar surface area (TPSA) is 237 Å². The van der Waals surface area contributed by atoms with Gasteiger partial charge in [0.05, 0.1) is 11.7 Å². The number of phenolic OH excluding ortho intramolecular Hbond substituents is 6. The number of rotatable bonds is 5. The lowest BCUT2D eigenvalue weighted by molar-refractivity contribution is -0.267. The highest BCUT2D eigenvalue weighted by atomic mass is 16.7. The third kappa shape index (κ3) is 5.05. The molecule has 42 heavy (non-hydrogen) atoms. The van der Waals surface area contributed by atoms with Gasteiger partial charge in [-0.25, -0.2) is 4.79 Å². The van der Waals surface area contributed by atoms with Crippen LogP contribution in [0.25, 0.3) is 22.3 Å². The summed E-state index contributed by atoms with van der Waals surface area (Å²) in [5.74, 6) is -5.84. The summed E-state index contributed by atoms with van der Waals surface area (Å²) in [4.78, 5) is 26.6. The van der Waals surface area contributed by atoms with Crippen LogP contribution >= 0.6 is 0 Å². The van der Waals surface area contributed by atoms with Gasteiger partial charge in [-0.1, -0.05) is 0 Å². The maximum absolute atomic E-state index is 13.6. The zero-order valence-electron chi connectivity index (χ0n) is 21.5. The van der Waals surface area contributed by atoms with Gasteiger partial charge in [0.1, 0.15) is 40.4 Å². The molecule has 1 aliphatic heterocycles. The molecule has 14 heteroatoms. The van der Waals surface area contributed by atoms with Crippen LogP contribution in [-0.4, -0.2) is 77.5 Å². The summed E-state index contributed by atoms with van der Waals surface area (Å²) in [6, 6.07) is 8.86. The Balaban J connectivity index is 1.60. The molecule has 2 heterocycles. The van der Waals surface area contributed by atoms with Crippen molar-refractivity contribution in [2.24, 2.45) is 0 Å². The number of aliphatic hydroxyl groups is 2. The molecular formula is C28H24O14. The number of benzene rings is 3. The van der Waals surface area contributed by atoms with E-state index in [1.807, 2.05) is 0 Å². The number of hydrogen-bond donors (Lipinski definition) is 8. The Morgan fingerprint density at radius 3 is 2.12 bits per heavy atom. The van der Waals surface area contributed by atoms with Crippen molar-refractivity contribution >= 4 is 16.9 Å². The number of fused-ring (bicyclic) bond motifs is 1. The maximum atomic E-state index is 13.6. The number of aliphatic hydroxyl groups excluding tert-OH is 2. The molecule has 8 N–H and O–H groups in total. The fourth-order valence-corrected chi connectivity index (χ4v) is 4.43. The molecule has 0 amide bonds. The largest absolute Gasteiger partial charge is 0.508 e. The van der Waals surface area contributed by atoms with E-state index in [2.05, 4.69) is 0 Å². The number of carbonyl (C=O) groups excluding carboxylic acids is 1. The molecule has 0 radical (unpaired) electrons. The number of esters is 1. The van der Waals surface area contributed by atoms with Gasteiger partial charge < -0.3 is 59.5 Å². The van der Waals surface area contributed by atoms with E-state index in [4.69, 9.17) is 18.6 Å².